The van der Waals surface area contributed by atoms with Gasteiger partial charge in [-0.25, -0.2) is 23.0 Å². The molecule has 122 valence electrons. The molecule has 8 heteroatoms. The zero-order valence-electron chi connectivity index (χ0n) is 12.3. The fourth-order valence-corrected chi connectivity index (χ4v) is 2.86. The lowest BCUT2D eigenvalue weighted by molar-refractivity contribution is 0.0696. The van der Waals surface area contributed by atoms with Crippen molar-refractivity contribution >= 4 is 16.0 Å². The molecular weight excluding hydrogens is 330 g/mol. The van der Waals surface area contributed by atoms with Crippen molar-refractivity contribution in [3.8, 4) is 16.8 Å². The van der Waals surface area contributed by atoms with E-state index in [1.165, 1.54) is 12.1 Å². The van der Waals surface area contributed by atoms with Gasteiger partial charge in [0, 0.05) is 12.4 Å². The third kappa shape index (κ3) is 3.19. The van der Waals surface area contributed by atoms with Gasteiger partial charge in [0.1, 0.15) is 0 Å². The van der Waals surface area contributed by atoms with E-state index < -0.39 is 16.0 Å². The first-order chi connectivity index (χ1) is 11.3. The van der Waals surface area contributed by atoms with E-state index in [1.807, 2.05) is 0 Å². The second-order valence-corrected chi connectivity index (χ2v) is 6.66. The molecule has 0 radical (unpaired) electrons. The van der Waals surface area contributed by atoms with Crippen LogP contribution in [0.4, 0.5) is 0 Å². The molecule has 1 aromatic heterocycles. The molecule has 0 aliphatic heterocycles. The minimum absolute atomic E-state index is 0.146. The SMILES string of the molecule is NS(=O)(=O)c1cc(C(=O)O)cc(-c2ccc(-n3cccn3)cc2)c1. The number of aromatic nitrogens is 2. The van der Waals surface area contributed by atoms with Crippen molar-refractivity contribution in [2.45, 2.75) is 4.90 Å². The van der Waals surface area contributed by atoms with Crippen molar-refractivity contribution < 1.29 is 18.3 Å². The zero-order chi connectivity index (χ0) is 17.3. The molecule has 2 aromatic carbocycles. The molecule has 0 saturated heterocycles. The van der Waals surface area contributed by atoms with Crippen LogP contribution in [0.15, 0.2) is 65.8 Å². The molecule has 0 fully saturated rings. The van der Waals surface area contributed by atoms with Crippen LogP contribution in [-0.4, -0.2) is 29.3 Å². The van der Waals surface area contributed by atoms with Gasteiger partial charge in [-0.05, 0) is 47.5 Å². The predicted molar refractivity (Wildman–Crippen MR) is 87.3 cm³/mol. The normalized spacial score (nSPS) is 11.4. The molecule has 0 amide bonds. The average molecular weight is 343 g/mol. The van der Waals surface area contributed by atoms with Gasteiger partial charge in [-0.3, -0.25) is 0 Å². The molecule has 3 rings (SSSR count). The van der Waals surface area contributed by atoms with Crippen LogP contribution in [0.25, 0.3) is 16.8 Å². The summed E-state index contributed by atoms with van der Waals surface area (Å²) in [6, 6.07) is 12.7. The number of carboxylic acid groups (broad SMARTS) is 1. The fourth-order valence-electron chi connectivity index (χ4n) is 2.28. The first-order valence-corrected chi connectivity index (χ1v) is 8.41. The van der Waals surface area contributed by atoms with Crippen molar-refractivity contribution in [1.82, 2.24) is 9.78 Å². The lowest BCUT2D eigenvalue weighted by Crippen LogP contribution is -2.13. The average Bonchev–Trinajstić information content (AvgIpc) is 3.08. The van der Waals surface area contributed by atoms with E-state index in [-0.39, 0.29) is 10.5 Å². The second-order valence-electron chi connectivity index (χ2n) is 5.09. The van der Waals surface area contributed by atoms with Crippen molar-refractivity contribution in [3.05, 3.63) is 66.5 Å². The molecule has 7 nitrogen and oxygen atoms in total. The Morgan fingerprint density at radius 2 is 1.79 bits per heavy atom. The van der Waals surface area contributed by atoms with Crippen LogP contribution >= 0.6 is 0 Å². The van der Waals surface area contributed by atoms with E-state index in [2.05, 4.69) is 5.10 Å². The highest BCUT2D eigenvalue weighted by Gasteiger charge is 2.15. The Bertz CT molecular complexity index is 994. The number of benzene rings is 2. The van der Waals surface area contributed by atoms with Gasteiger partial charge in [-0.1, -0.05) is 12.1 Å². The Labute approximate surface area is 138 Å². The maximum Gasteiger partial charge on any atom is 0.335 e. The summed E-state index contributed by atoms with van der Waals surface area (Å²) in [7, 11) is -4.01. The van der Waals surface area contributed by atoms with Crippen LogP contribution in [0.5, 0.6) is 0 Å². The van der Waals surface area contributed by atoms with Crippen molar-refractivity contribution in [2.75, 3.05) is 0 Å². The first-order valence-electron chi connectivity index (χ1n) is 6.86. The number of nitrogens with zero attached hydrogens (tertiary/aromatic N) is 2. The molecule has 3 N–H and O–H groups in total. The fraction of sp³-hybridized carbons (Fsp3) is 0. The van der Waals surface area contributed by atoms with Crippen LogP contribution < -0.4 is 5.14 Å². The predicted octanol–water partition coefficient (Wildman–Crippen LogP) is 1.88. The smallest absolute Gasteiger partial charge is 0.335 e. The molecule has 0 aliphatic rings. The Hall–Kier alpha value is -2.97. The highest BCUT2D eigenvalue weighted by Crippen LogP contribution is 2.25. The summed E-state index contributed by atoms with van der Waals surface area (Å²) >= 11 is 0. The molecule has 1 heterocycles. The van der Waals surface area contributed by atoms with Crippen molar-refractivity contribution in [3.63, 3.8) is 0 Å². The lowest BCUT2D eigenvalue weighted by atomic mass is 10.0. The molecular formula is C16H13N3O4S. The number of carbonyl (C=O) groups is 1. The second kappa shape index (κ2) is 5.91. The topological polar surface area (TPSA) is 115 Å². The summed E-state index contributed by atoms with van der Waals surface area (Å²) in [6.07, 6.45) is 3.45. The van der Waals surface area contributed by atoms with E-state index >= 15 is 0 Å². The molecule has 0 spiro atoms. The van der Waals surface area contributed by atoms with Gasteiger partial charge < -0.3 is 5.11 Å². The minimum atomic E-state index is -4.01. The highest BCUT2D eigenvalue weighted by molar-refractivity contribution is 7.89. The van der Waals surface area contributed by atoms with Gasteiger partial charge in [-0.15, -0.1) is 0 Å². The Morgan fingerprint density at radius 1 is 1.08 bits per heavy atom. The van der Waals surface area contributed by atoms with E-state index in [4.69, 9.17) is 10.2 Å². The van der Waals surface area contributed by atoms with Gasteiger partial charge in [0.05, 0.1) is 16.1 Å². The maximum absolute atomic E-state index is 11.6. The van der Waals surface area contributed by atoms with Gasteiger partial charge in [0.15, 0.2) is 0 Å². The van der Waals surface area contributed by atoms with Gasteiger partial charge in [0.2, 0.25) is 10.0 Å². The minimum Gasteiger partial charge on any atom is -0.478 e. The quantitative estimate of drug-likeness (QED) is 0.750. The van der Waals surface area contributed by atoms with Gasteiger partial charge in [-0.2, -0.15) is 5.10 Å². The molecule has 0 atom stereocenters. The molecule has 3 aromatic rings. The van der Waals surface area contributed by atoms with Crippen LogP contribution in [0.2, 0.25) is 0 Å². The first kappa shape index (κ1) is 15.9. The summed E-state index contributed by atoms with van der Waals surface area (Å²) < 4.78 is 24.8. The van der Waals surface area contributed by atoms with E-state index in [0.29, 0.717) is 11.1 Å². The number of hydrogen-bond donors (Lipinski definition) is 2. The summed E-state index contributed by atoms with van der Waals surface area (Å²) in [4.78, 5) is 11.0. The molecule has 0 unspecified atom stereocenters. The maximum atomic E-state index is 11.6. The number of hydrogen-bond acceptors (Lipinski definition) is 4. The lowest BCUT2D eigenvalue weighted by Gasteiger charge is -2.08. The number of carboxylic acids is 1. The Balaban J connectivity index is 2.08. The number of rotatable bonds is 4. The van der Waals surface area contributed by atoms with E-state index in [1.54, 1.807) is 47.4 Å². The summed E-state index contributed by atoms with van der Waals surface area (Å²) in [5.74, 6) is -1.23. The van der Waals surface area contributed by atoms with Crippen molar-refractivity contribution in [2.24, 2.45) is 5.14 Å². The third-order valence-electron chi connectivity index (χ3n) is 3.45. The summed E-state index contributed by atoms with van der Waals surface area (Å²) in [5.41, 5.74) is 1.79. The number of nitrogens with two attached hydrogens (primary N) is 1. The van der Waals surface area contributed by atoms with Crippen LogP contribution in [0.3, 0.4) is 0 Å². The Kier molecular flexibility index (Phi) is 3.92. The molecule has 0 bridgehead atoms. The third-order valence-corrected chi connectivity index (χ3v) is 4.34. The standard InChI is InChI=1S/C16H13N3O4S/c17-24(22,23)15-9-12(8-13(10-15)16(20)21)11-2-4-14(5-3-11)19-7-1-6-18-19/h1-10H,(H,20,21)(H2,17,22,23). The van der Waals surface area contributed by atoms with Gasteiger partial charge in [0.25, 0.3) is 0 Å². The van der Waals surface area contributed by atoms with E-state index in [9.17, 15) is 13.2 Å². The summed E-state index contributed by atoms with van der Waals surface area (Å²) in [6.45, 7) is 0. The number of primary sulfonamides is 1. The Morgan fingerprint density at radius 3 is 2.33 bits per heavy atom. The number of sulfonamides is 1. The van der Waals surface area contributed by atoms with Gasteiger partial charge >= 0.3 is 5.97 Å². The van der Waals surface area contributed by atoms with Crippen LogP contribution in [0, 0.1) is 0 Å². The summed E-state index contributed by atoms with van der Waals surface area (Å²) in [5, 5.41) is 18.4. The molecule has 0 aliphatic carbocycles. The van der Waals surface area contributed by atoms with Crippen LogP contribution in [-0.2, 0) is 10.0 Å². The number of aromatic carboxylic acids is 1. The molecule has 0 saturated carbocycles. The largest absolute Gasteiger partial charge is 0.478 e. The zero-order valence-corrected chi connectivity index (χ0v) is 13.1. The molecule has 24 heavy (non-hydrogen) atoms. The van der Waals surface area contributed by atoms with Crippen LogP contribution in [0.1, 0.15) is 10.4 Å². The highest BCUT2D eigenvalue weighted by atomic mass is 32.2. The van der Waals surface area contributed by atoms with E-state index in [0.717, 1.165) is 11.8 Å². The monoisotopic (exact) mass is 343 g/mol. The van der Waals surface area contributed by atoms with Crippen molar-refractivity contribution in [1.29, 1.82) is 0 Å².